The molecule has 0 atom stereocenters. The fourth-order valence-electron chi connectivity index (χ4n) is 3.95. The molecule has 0 aliphatic carbocycles. The number of para-hydroxylation sites is 1. The van der Waals surface area contributed by atoms with Crippen molar-refractivity contribution in [1.82, 2.24) is 20.1 Å². The van der Waals surface area contributed by atoms with Crippen molar-refractivity contribution in [3.63, 3.8) is 0 Å². The molecular formula is C24H24N4O3S. The Labute approximate surface area is 190 Å². The number of hydrogen-bond donors (Lipinski definition) is 1. The van der Waals surface area contributed by atoms with Crippen LogP contribution in [0, 0.1) is 13.8 Å². The van der Waals surface area contributed by atoms with E-state index in [9.17, 15) is 4.79 Å². The second-order valence-electron chi connectivity index (χ2n) is 8.00. The van der Waals surface area contributed by atoms with E-state index in [4.69, 9.17) is 9.15 Å². The number of amides is 1. The summed E-state index contributed by atoms with van der Waals surface area (Å²) >= 11 is 1.26. The minimum atomic E-state index is 0.0670. The van der Waals surface area contributed by atoms with E-state index in [2.05, 4.69) is 27.3 Å². The number of ether oxygens (including phenoxy) is 1. The molecule has 0 unspecified atom stereocenters. The maximum Gasteiger partial charge on any atom is 0.277 e. The summed E-state index contributed by atoms with van der Waals surface area (Å²) in [5.41, 5.74) is 5.75. The zero-order chi connectivity index (χ0) is 22.1. The molecule has 0 spiro atoms. The van der Waals surface area contributed by atoms with Gasteiger partial charge < -0.3 is 19.0 Å². The number of nitrogens with one attached hydrogen (secondary N) is 1. The molecule has 8 heteroatoms. The van der Waals surface area contributed by atoms with Crippen LogP contribution in [0.25, 0.3) is 10.9 Å². The molecule has 164 valence electrons. The minimum absolute atomic E-state index is 0.0670. The molecule has 2 aromatic heterocycles. The first-order valence-corrected chi connectivity index (χ1v) is 11.6. The number of H-pyrrole nitrogens is 1. The van der Waals surface area contributed by atoms with Crippen LogP contribution < -0.4 is 4.74 Å². The van der Waals surface area contributed by atoms with Crippen LogP contribution in [-0.4, -0.2) is 38.3 Å². The van der Waals surface area contributed by atoms with E-state index >= 15 is 0 Å². The second-order valence-corrected chi connectivity index (χ2v) is 8.93. The molecule has 3 heterocycles. The molecule has 0 saturated heterocycles. The predicted octanol–water partition coefficient (Wildman–Crippen LogP) is 4.42. The molecule has 1 aliphatic rings. The third-order valence-electron chi connectivity index (χ3n) is 5.70. The van der Waals surface area contributed by atoms with Gasteiger partial charge in [-0.1, -0.05) is 42.1 Å². The molecule has 0 fully saturated rings. The van der Waals surface area contributed by atoms with E-state index in [-0.39, 0.29) is 18.3 Å². The van der Waals surface area contributed by atoms with E-state index in [0.29, 0.717) is 24.2 Å². The Hall–Kier alpha value is -3.26. The maximum absolute atomic E-state index is 12.8. The average Bonchev–Trinajstić information content (AvgIpc) is 3.42. The maximum atomic E-state index is 12.8. The van der Waals surface area contributed by atoms with Crippen LogP contribution in [0.1, 0.15) is 28.3 Å². The largest absolute Gasteiger partial charge is 0.484 e. The van der Waals surface area contributed by atoms with E-state index in [1.165, 1.54) is 28.4 Å². The van der Waals surface area contributed by atoms with Gasteiger partial charge in [0.25, 0.3) is 11.1 Å². The predicted molar refractivity (Wildman–Crippen MR) is 123 cm³/mol. The normalized spacial score (nSPS) is 13.4. The van der Waals surface area contributed by atoms with Gasteiger partial charge in [-0.3, -0.25) is 4.79 Å². The average molecular weight is 449 g/mol. The third kappa shape index (κ3) is 4.23. The Morgan fingerprint density at radius 3 is 3.00 bits per heavy atom. The van der Waals surface area contributed by atoms with Crippen LogP contribution in [-0.2, 0) is 24.4 Å². The Morgan fingerprint density at radius 2 is 2.09 bits per heavy atom. The molecule has 1 N–H and O–H groups in total. The number of nitrogens with zero attached hydrogens (tertiary/aromatic N) is 3. The minimum Gasteiger partial charge on any atom is -0.484 e. The van der Waals surface area contributed by atoms with Crippen molar-refractivity contribution >= 4 is 28.6 Å². The van der Waals surface area contributed by atoms with Crippen molar-refractivity contribution in [3.05, 3.63) is 70.7 Å². The van der Waals surface area contributed by atoms with Gasteiger partial charge in [-0.25, -0.2) is 0 Å². The Kier molecular flexibility index (Phi) is 5.61. The SMILES string of the molecule is Cc1ccc(C)c(OCc2nnc(SCC(=O)N3CCc4[nH]c5ccccc5c4C3)o2)c1. The first-order chi connectivity index (χ1) is 15.6. The fraction of sp³-hybridized carbons (Fsp3) is 0.292. The molecule has 2 aromatic carbocycles. The number of carbonyl (C=O) groups excluding carboxylic acids is 1. The fourth-order valence-corrected chi connectivity index (χ4v) is 4.63. The van der Waals surface area contributed by atoms with Crippen molar-refractivity contribution in [3.8, 4) is 5.75 Å². The number of fused-ring (bicyclic) bond motifs is 3. The highest BCUT2D eigenvalue weighted by Gasteiger charge is 2.24. The molecule has 0 radical (unpaired) electrons. The molecule has 0 saturated carbocycles. The lowest BCUT2D eigenvalue weighted by Gasteiger charge is -2.27. The van der Waals surface area contributed by atoms with Crippen LogP contribution in [0.4, 0.5) is 0 Å². The Bertz CT molecular complexity index is 1280. The number of benzene rings is 2. The number of aryl methyl sites for hydroxylation is 2. The van der Waals surface area contributed by atoms with Gasteiger partial charge in [-0.2, -0.15) is 0 Å². The number of carbonyl (C=O) groups is 1. The zero-order valence-corrected chi connectivity index (χ0v) is 18.9. The van der Waals surface area contributed by atoms with Crippen molar-refractivity contribution in [1.29, 1.82) is 0 Å². The van der Waals surface area contributed by atoms with Gasteiger partial charge in [-0.05, 0) is 37.1 Å². The lowest BCUT2D eigenvalue weighted by atomic mass is 10.0. The van der Waals surface area contributed by atoms with Gasteiger partial charge in [0.05, 0.1) is 5.75 Å². The summed E-state index contributed by atoms with van der Waals surface area (Å²) in [4.78, 5) is 18.2. The van der Waals surface area contributed by atoms with E-state index in [0.717, 1.165) is 28.8 Å². The lowest BCUT2D eigenvalue weighted by Crippen LogP contribution is -2.36. The van der Waals surface area contributed by atoms with E-state index in [1.54, 1.807) is 0 Å². The summed E-state index contributed by atoms with van der Waals surface area (Å²) < 4.78 is 11.5. The molecule has 7 nitrogen and oxygen atoms in total. The number of hydrogen-bond acceptors (Lipinski definition) is 6. The highest BCUT2D eigenvalue weighted by molar-refractivity contribution is 7.99. The topological polar surface area (TPSA) is 84.3 Å². The summed E-state index contributed by atoms with van der Waals surface area (Å²) in [6, 6.07) is 14.3. The summed E-state index contributed by atoms with van der Waals surface area (Å²) in [6.07, 6.45) is 0.834. The number of thioether (sulfide) groups is 1. The van der Waals surface area contributed by atoms with Crippen LogP contribution in [0.15, 0.2) is 52.1 Å². The highest BCUT2D eigenvalue weighted by atomic mass is 32.2. The van der Waals surface area contributed by atoms with Gasteiger partial charge in [-0.15, -0.1) is 10.2 Å². The summed E-state index contributed by atoms with van der Waals surface area (Å²) in [7, 11) is 0. The molecule has 1 amide bonds. The number of rotatable bonds is 6. The van der Waals surface area contributed by atoms with Gasteiger partial charge in [0.15, 0.2) is 6.61 Å². The quantitative estimate of drug-likeness (QED) is 0.440. The molecular weight excluding hydrogens is 424 g/mol. The molecule has 1 aliphatic heterocycles. The summed E-state index contributed by atoms with van der Waals surface area (Å²) in [5.74, 6) is 1.52. The van der Waals surface area contributed by atoms with Crippen LogP contribution in [0.3, 0.4) is 0 Å². The summed E-state index contributed by atoms with van der Waals surface area (Å²) in [5, 5.41) is 9.65. The van der Waals surface area contributed by atoms with Crippen LogP contribution in [0.5, 0.6) is 5.75 Å². The molecule has 4 aromatic rings. The first kappa shape index (κ1) is 20.6. The van der Waals surface area contributed by atoms with Crippen LogP contribution >= 0.6 is 11.8 Å². The number of aromatic nitrogens is 3. The smallest absolute Gasteiger partial charge is 0.277 e. The standard InChI is InChI=1S/C24H24N4O3S/c1-15-7-8-16(2)21(11-15)30-13-22-26-27-24(31-22)32-14-23(29)28-10-9-20-18(12-28)17-5-3-4-6-19(17)25-20/h3-8,11,25H,9-10,12-14H2,1-2H3. The molecule has 0 bridgehead atoms. The van der Waals surface area contributed by atoms with Crippen molar-refractivity contribution in [2.75, 3.05) is 12.3 Å². The molecule has 32 heavy (non-hydrogen) atoms. The van der Waals surface area contributed by atoms with E-state index < -0.39 is 0 Å². The lowest BCUT2D eigenvalue weighted by molar-refractivity contribution is -0.129. The summed E-state index contributed by atoms with van der Waals surface area (Å²) in [6.45, 7) is 5.54. The van der Waals surface area contributed by atoms with Crippen molar-refractivity contribution in [2.45, 2.75) is 38.6 Å². The van der Waals surface area contributed by atoms with Crippen molar-refractivity contribution < 1.29 is 13.9 Å². The monoisotopic (exact) mass is 448 g/mol. The zero-order valence-electron chi connectivity index (χ0n) is 18.1. The third-order valence-corrected chi connectivity index (χ3v) is 6.50. The van der Waals surface area contributed by atoms with Crippen LogP contribution in [0.2, 0.25) is 0 Å². The Balaban J connectivity index is 1.16. The second kappa shape index (κ2) is 8.70. The first-order valence-electron chi connectivity index (χ1n) is 10.6. The number of aromatic amines is 1. The van der Waals surface area contributed by atoms with Gasteiger partial charge in [0.2, 0.25) is 5.91 Å². The van der Waals surface area contributed by atoms with Gasteiger partial charge in [0.1, 0.15) is 5.75 Å². The van der Waals surface area contributed by atoms with Gasteiger partial charge >= 0.3 is 0 Å². The highest BCUT2D eigenvalue weighted by Crippen LogP contribution is 2.28. The van der Waals surface area contributed by atoms with E-state index in [1.807, 2.05) is 49.1 Å². The van der Waals surface area contributed by atoms with Crippen molar-refractivity contribution in [2.24, 2.45) is 0 Å². The Morgan fingerprint density at radius 1 is 1.22 bits per heavy atom. The molecule has 5 rings (SSSR count). The van der Waals surface area contributed by atoms with Gasteiger partial charge in [0, 0.05) is 41.7 Å².